The Bertz CT molecular complexity index is 664. The minimum Gasteiger partial charge on any atom is -0.353 e. The molecule has 0 radical (unpaired) electrons. The van der Waals surface area contributed by atoms with Gasteiger partial charge in [0.15, 0.2) is 0 Å². The molecule has 21 heavy (non-hydrogen) atoms. The molecule has 112 valence electrons. The van der Waals surface area contributed by atoms with Crippen LogP contribution in [-0.4, -0.2) is 21.5 Å². The number of nitrogens with one attached hydrogen (secondary N) is 1. The molecule has 1 aromatic heterocycles. The molecule has 0 saturated heterocycles. The van der Waals surface area contributed by atoms with Crippen LogP contribution in [0.4, 0.5) is 0 Å². The normalized spacial score (nSPS) is 14.6. The van der Waals surface area contributed by atoms with E-state index < -0.39 is 0 Å². The van der Waals surface area contributed by atoms with Crippen LogP contribution in [0.15, 0.2) is 18.2 Å². The van der Waals surface area contributed by atoms with Gasteiger partial charge in [-0.25, -0.2) is 4.98 Å². The van der Waals surface area contributed by atoms with Crippen molar-refractivity contribution in [1.29, 1.82) is 0 Å². The van der Waals surface area contributed by atoms with E-state index in [0.717, 1.165) is 42.7 Å². The number of fused-ring (bicyclic) bond motifs is 1. The summed E-state index contributed by atoms with van der Waals surface area (Å²) in [4.78, 5) is 16.2. The summed E-state index contributed by atoms with van der Waals surface area (Å²) in [6.45, 7) is 0.719. The third kappa shape index (κ3) is 3.33. The van der Waals surface area contributed by atoms with Crippen LogP contribution in [-0.2, 0) is 17.2 Å². The molecule has 1 fully saturated rings. The number of alkyl halides is 1. The summed E-state index contributed by atoms with van der Waals surface area (Å²) in [6, 6.07) is 6.13. The molecule has 1 aromatic carbocycles. The summed E-state index contributed by atoms with van der Waals surface area (Å²) in [7, 11) is 0. The molecule has 2 aromatic rings. The minimum absolute atomic E-state index is 0.132. The Kier molecular flexibility index (Phi) is 4.36. The van der Waals surface area contributed by atoms with E-state index in [1.54, 1.807) is 0 Å². The largest absolute Gasteiger partial charge is 0.353 e. The van der Waals surface area contributed by atoms with Gasteiger partial charge in [0.1, 0.15) is 11.3 Å². The number of hydrogen-bond donors (Lipinski definition) is 1. The van der Waals surface area contributed by atoms with Crippen molar-refractivity contribution in [2.24, 2.45) is 0 Å². The van der Waals surface area contributed by atoms with E-state index in [0.29, 0.717) is 23.4 Å². The van der Waals surface area contributed by atoms with Crippen molar-refractivity contribution in [1.82, 2.24) is 14.9 Å². The minimum atomic E-state index is 0.132. The van der Waals surface area contributed by atoms with Gasteiger partial charge >= 0.3 is 0 Å². The fourth-order valence-electron chi connectivity index (χ4n) is 2.44. The average molecular weight is 326 g/mol. The first-order valence-corrected chi connectivity index (χ1v) is 8.09. The third-order valence-corrected chi connectivity index (χ3v) is 4.20. The number of nitrogens with zero attached hydrogens (tertiary/aromatic N) is 2. The number of benzene rings is 1. The maximum atomic E-state index is 11.7. The van der Waals surface area contributed by atoms with Crippen molar-refractivity contribution in [2.45, 2.75) is 44.1 Å². The topological polar surface area (TPSA) is 46.9 Å². The first kappa shape index (κ1) is 14.7. The van der Waals surface area contributed by atoms with Gasteiger partial charge < -0.3 is 9.88 Å². The second-order valence-corrected chi connectivity index (χ2v) is 6.04. The highest BCUT2D eigenvalue weighted by Gasteiger charge is 2.22. The van der Waals surface area contributed by atoms with Crippen molar-refractivity contribution in [3.8, 4) is 0 Å². The summed E-state index contributed by atoms with van der Waals surface area (Å²) in [5, 5.41) is 3.63. The summed E-state index contributed by atoms with van der Waals surface area (Å²) >= 11 is 12.1. The maximum Gasteiger partial charge on any atom is 0.220 e. The number of hydrogen-bond acceptors (Lipinski definition) is 2. The molecular weight excluding hydrogens is 309 g/mol. The van der Waals surface area contributed by atoms with Crippen LogP contribution in [0.5, 0.6) is 0 Å². The second-order valence-electron chi connectivity index (χ2n) is 5.37. The van der Waals surface area contributed by atoms with Crippen molar-refractivity contribution >= 4 is 40.1 Å². The molecule has 4 nitrogen and oxygen atoms in total. The zero-order chi connectivity index (χ0) is 14.8. The summed E-state index contributed by atoms with van der Waals surface area (Å²) in [5.74, 6) is 1.26. The van der Waals surface area contributed by atoms with Gasteiger partial charge in [0.05, 0.1) is 16.4 Å². The van der Waals surface area contributed by atoms with E-state index >= 15 is 0 Å². The molecule has 1 aliphatic carbocycles. The van der Waals surface area contributed by atoms with Gasteiger partial charge in [-0.1, -0.05) is 17.7 Å². The molecule has 1 amide bonds. The van der Waals surface area contributed by atoms with Gasteiger partial charge in [-0.05, 0) is 31.4 Å². The Morgan fingerprint density at radius 1 is 1.43 bits per heavy atom. The van der Waals surface area contributed by atoms with Gasteiger partial charge in [0, 0.05) is 19.0 Å². The molecule has 0 aliphatic heterocycles. The monoisotopic (exact) mass is 325 g/mol. The standard InChI is InChI=1S/C15H17Cl2N3O/c16-9-13-19-15-11(17)3-1-4-12(15)20(13)8-2-5-14(21)18-10-6-7-10/h1,3-4,10H,2,5-9H2,(H,18,21). The zero-order valence-corrected chi connectivity index (χ0v) is 13.1. The van der Waals surface area contributed by atoms with Gasteiger partial charge in [-0.15, -0.1) is 11.6 Å². The lowest BCUT2D eigenvalue weighted by Gasteiger charge is -2.08. The molecule has 1 saturated carbocycles. The lowest BCUT2D eigenvalue weighted by atomic mass is 10.2. The van der Waals surface area contributed by atoms with Crippen LogP contribution < -0.4 is 5.32 Å². The highest BCUT2D eigenvalue weighted by atomic mass is 35.5. The number of aromatic nitrogens is 2. The third-order valence-electron chi connectivity index (χ3n) is 3.66. The number of carbonyl (C=O) groups excluding carboxylic acids is 1. The predicted molar refractivity (Wildman–Crippen MR) is 84.7 cm³/mol. The Morgan fingerprint density at radius 2 is 2.24 bits per heavy atom. The summed E-state index contributed by atoms with van der Waals surface area (Å²) < 4.78 is 2.05. The van der Waals surface area contributed by atoms with Crippen molar-refractivity contribution in [3.05, 3.63) is 29.0 Å². The number of amides is 1. The van der Waals surface area contributed by atoms with Gasteiger partial charge in [0.25, 0.3) is 0 Å². The first-order chi connectivity index (χ1) is 10.2. The molecule has 1 aliphatic rings. The Hall–Kier alpha value is -1.26. The zero-order valence-electron chi connectivity index (χ0n) is 11.6. The summed E-state index contributed by atoms with van der Waals surface area (Å²) in [6.07, 6.45) is 3.53. The molecule has 6 heteroatoms. The molecule has 0 atom stereocenters. The fourth-order valence-corrected chi connectivity index (χ4v) is 2.85. The lowest BCUT2D eigenvalue weighted by Crippen LogP contribution is -2.25. The van der Waals surface area contributed by atoms with Crippen LogP contribution in [0.3, 0.4) is 0 Å². The number of rotatable bonds is 6. The quantitative estimate of drug-likeness (QED) is 0.826. The van der Waals surface area contributed by atoms with Gasteiger partial charge in [-0.2, -0.15) is 0 Å². The number of para-hydroxylation sites is 1. The number of carbonyl (C=O) groups is 1. The Morgan fingerprint density at radius 3 is 2.95 bits per heavy atom. The predicted octanol–water partition coefficient (Wildman–Crippen LogP) is 3.49. The van der Waals surface area contributed by atoms with E-state index in [9.17, 15) is 4.79 Å². The van der Waals surface area contributed by atoms with Crippen molar-refractivity contribution in [2.75, 3.05) is 0 Å². The maximum absolute atomic E-state index is 11.7. The van der Waals surface area contributed by atoms with E-state index in [1.165, 1.54) is 0 Å². The number of imidazole rings is 1. The van der Waals surface area contributed by atoms with Crippen LogP contribution >= 0.6 is 23.2 Å². The average Bonchev–Trinajstić information content (AvgIpc) is 3.19. The molecule has 0 unspecified atom stereocenters. The number of halogens is 2. The van der Waals surface area contributed by atoms with E-state index in [2.05, 4.69) is 14.9 Å². The number of aryl methyl sites for hydroxylation is 1. The van der Waals surface area contributed by atoms with E-state index in [1.807, 2.05) is 18.2 Å². The van der Waals surface area contributed by atoms with Crippen molar-refractivity contribution in [3.63, 3.8) is 0 Å². The lowest BCUT2D eigenvalue weighted by molar-refractivity contribution is -0.121. The smallest absolute Gasteiger partial charge is 0.220 e. The molecule has 3 rings (SSSR count). The van der Waals surface area contributed by atoms with Gasteiger partial charge in [0.2, 0.25) is 5.91 Å². The van der Waals surface area contributed by atoms with E-state index in [-0.39, 0.29) is 5.91 Å². The van der Waals surface area contributed by atoms with Crippen molar-refractivity contribution < 1.29 is 4.79 Å². The molecular formula is C15H17Cl2N3O. The summed E-state index contributed by atoms with van der Waals surface area (Å²) in [5.41, 5.74) is 1.75. The van der Waals surface area contributed by atoms with Gasteiger partial charge in [-0.3, -0.25) is 4.79 Å². The second kappa shape index (κ2) is 6.24. The molecule has 1 N–H and O–H groups in total. The van der Waals surface area contributed by atoms with Crippen LogP contribution in [0.2, 0.25) is 5.02 Å². The van der Waals surface area contributed by atoms with Crippen LogP contribution in [0.25, 0.3) is 11.0 Å². The Labute approximate surface area is 133 Å². The van der Waals surface area contributed by atoms with Crippen LogP contribution in [0, 0.1) is 0 Å². The molecule has 1 heterocycles. The highest BCUT2D eigenvalue weighted by Crippen LogP contribution is 2.25. The first-order valence-electron chi connectivity index (χ1n) is 7.18. The molecule has 0 spiro atoms. The van der Waals surface area contributed by atoms with Crippen LogP contribution in [0.1, 0.15) is 31.5 Å². The highest BCUT2D eigenvalue weighted by molar-refractivity contribution is 6.35. The van der Waals surface area contributed by atoms with E-state index in [4.69, 9.17) is 23.2 Å². The SMILES string of the molecule is O=C(CCCn1c(CCl)nc2c(Cl)cccc21)NC1CC1. The fraction of sp³-hybridized carbons (Fsp3) is 0.467. The molecule has 0 bridgehead atoms. The Balaban J connectivity index is 1.70.